The van der Waals surface area contributed by atoms with Crippen LogP contribution in [0.15, 0.2) is 30.3 Å². The molecule has 4 heteroatoms. The molecule has 16 heavy (non-hydrogen) atoms. The van der Waals surface area contributed by atoms with Crippen LogP contribution in [0.4, 0.5) is 8.78 Å². The molecule has 81 valence electrons. The Kier molecular flexibility index (Phi) is 3.13. The van der Waals surface area contributed by atoms with E-state index in [4.69, 9.17) is 23.2 Å². The van der Waals surface area contributed by atoms with E-state index in [0.717, 1.165) is 12.1 Å². The Morgan fingerprint density at radius 3 is 2.44 bits per heavy atom. The Labute approximate surface area is 101 Å². The van der Waals surface area contributed by atoms with E-state index < -0.39 is 11.6 Å². The highest BCUT2D eigenvalue weighted by Crippen LogP contribution is 2.31. The van der Waals surface area contributed by atoms with Crippen molar-refractivity contribution < 1.29 is 8.78 Å². The van der Waals surface area contributed by atoms with E-state index in [9.17, 15) is 8.78 Å². The molecule has 0 N–H and O–H groups in total. The molecule has 0 bridgehead atoms. The number of benzene rings is 2. The van der Waals surface area contributed by atoms with Crippen molar-refractivity contribution in [1.82, 2.24) is 0 Å². The Morgan fingerprint density at radius 1 is 1.00 bits per heavy atom. The minimum absolute atomic E-state index is 0.210. The Morgan fingerprint density at radius 2 is 1.75 bits per heavy atom. The Bertz CT molecular complexity index is 539. The summed E-state index contributed by atoms with van der Waals surface area (Å²) >= 11 is 11.5. The molecular formula is C12H5Cl2F2. The Balaban J connectivity index is 2.62. The lowest BCUT2D eigenvalue weighted by atomic mass is 10.1. The fraction of sp³-hybridized carbons (Fsp3) is 0. The predicted octanol–water partition coefficient (Wildman–Crippen LogP) is 4.74. The van der Waals surface area contributed by atoms with Crippen molar-refractivity contribution in [3.05, 3.63) is 58.1 Å². The average Bonchev–Trinajstić information content (AvgIpc) is 2.22. The van der Waals surface area contributed by atoms with E-state index >= 15 is 0 Å². The summed E-state index contributed by atoms with van der Waals surface area (Å²) in [6, 6.07) is 8.82. The van der Waals surface area contributed by atoms with E-state index in [-0.39, 0.29) is 21.2 Å². The fourth-order valence-electron chi connectivity index (χ4n) is 1.36. The molecule has 0 heterocycles. The number of rotatable bonds is 1. The van der Waals surface area contributed by atoms with Gasteiger partial charge in [-0.3, -0.25) is 0 Å². The zero-order valence-corrected chi connectivity index (χ0v) is 9.41. The SMILES string of the molecule is Fc1[c]cc(Cl)c(-c2ccc(Cl)cc2F)c1. The smallest absolute Gasteiger partial charge is 0.132 e. The third-order valence-electron chi connectivity index (χ3n) is 2.09. The Hall–Kier alpha value is -1.12. The molecule has 0 nitrogen and oxygen atoms in total. The molecule has 2 aromatic carbocycles. The van der Waals surface area contributed by atoms with Crippen molar-refractivity contribution in [2.45, 2.75) is 0 Å². The van der Waals surface area contributed by atoms with Crippen LogP contribution in [-0.2, 0) is 0 Å². The highest BCUT2D eigenvalue weighted by atomic mass is 35.5. The maximum atomic E-state index is 13.6. The first-order valence-corrected chi connectivity index (χ1v) is 5.15. The van der Waals surface area contributed by atoms with Crippen molar-refractivity contribution in [1.29, 1.82) is 0 Å². The minimum Gasteiger partial charge on any atom is -0.206 e. The molecule has 0 aliphatic carbocycles. The second kappa shape index (κ2) is 4.40. The van der Waals surface area contributed by atoms with Gasteiger partial charge in [0.05, 0.1) is 0 Å². The van der Waals surface area contributed by atoms with Crippen LogP contribution in [0, 0.1) is 17.7 Å². The lowest BCUT2D eigenvalue weighted by Crippen LogP contribution is -1.87. The van der Waals surface area contributed by atoms with E-state index in [1.165, 1.54) is 18.2 Å². The lowest BCUT2D eigenvalue weighted by molar-refractivity contribution is 0.623. The van der Waals surface area contributed by atoms with Gasteiger partial charge in [-0.05, 0) is 30.3 Å². The van der Waals surface area contributed by atoms with Crippen LogP contribution in [0.3, 0.4) is 0 Å². The molecule has 0 unspecified atom stereocenters. The first-order valence-electron chi connectivity index (χ1n) is 4.40. The number of hydrogen-bond donors (Lipinski definition) is 0. The van der Waals surface area contributed by atoms with Gasteiger partial charge in [-0.25, -0.2) is 8.78 Å². The van der Waals surface area contributed by atoms with Crippen LogP contribution in [-0.4, -0.2) is 0 Å². The quantitative estimate of drug-likeness (QED) is 0.693. The summed E-state index contributed by atoms with van der Waals surface area (Å²) in [4.78, 5) is 0. The molecule has 0 spiro atoms. The van der Waals surface area contributed by atoms with Gasteiger partial charge in [0.25, 0.3) is 0 Å². The van der Waals surface area contributed by atoms with Gasteiger partial charge in [0, 0.05) is 27.2 Å². The summed E-state index contributed by atoms with van der Waals surface area (Å²) in [7, 11) is 0. The largest absolute Gasteiger partial charge is 0.206 e. The summed E-state index contributed by atoms with van der Waals surface area (Å²) in [6.45, 7) is 0. The molecule has 0 atom stereocenters. The second-order valence-electron chi connectivity index (χ2n) is 3.17. The van der Waals surface area contributed by atoms with Crippen LogP contribution in [0.25, 0.3) is 11.1 Å². The highest BCUT2D eigenvalue weighted by Gasteiger charge is 2.10. The molecule has 2 rings (SSSR count). The lowest BCUT2D eigenvalue weighted by Gasteiger charge is -2.06. The van der Waals surface area contributed by atoms with Crippen LogP contribution in [0.5, 0.6) is 0 Å². The first-order chi connectivity index (χ1) is 7.58. The first kappa shape index (κ1) is 11.4. The normalized spacial score (nSPS) is 10.5. The molecule has 2 aromatic rings. The molecule has 0 saturated carbocycles. The van der Waals surface area contributed by atoms with Crippen LogP contribution in [0.1, 0.15) is 0 Å². The van der Waals surface area contributed by atoms with E-state index in [1.807, 2.05) is 0 Å². The van der Waals surface area contributed by atoms with Crippen LogP contribution in [0.2, 0.25) is 10.0 Å². The highest BCUT2D eigenvalue weighted by molar-refractivity contribution is 6.33. The summed E-state index contributed by atoms with van der Waals surface area (Å²) in [5.74, 6) is -1.13. The second-order valence-corrected chi connectivity index (χ2v) is 4.01. The maximum Gasteiger partial charge on any atom is 0.132 e. The van der Waals surface area contributed by atoms with Gasteiger partial charge in [0.1, 0.15) is 11.6 Å². The predicted molar refractivity (Wildman–Crippen MR) is 60.7 cm³/mol. The zero-order valence-electron chi connectivity index (χ0n) is 7.90. The third kappa shape index (κ3) is 2.18. The minimum atomic E-state index is -0.589. The van der Waals surface area contributed by atoms with Gasteiger partial charge in [0.15, 0.2) is 0 Å². The van der Waals surface area contributed by atoms with Gasteiger partial charge < -0.3 is 0 Å². The monoisotopic (exact) mass is 257 g/mol. The van der Waals surface area contributed by atoms with Crippen molar-refractivity contribution in [2.75, 3.05) is 0 Å². The van der Waals surface area contributed by atoms with Crippen LogP contribution >= 0.6 is 23.2 Å². The summed E-state index contributed by atoms with van der Waals surface area (Å²) in [5, 5.41) is 0.517. The molecule has 0 aliphatic rings. The molecule has 0 saturated heterocycles. The molecule has 0 aliphatic heterocycles. The average molecular weight is 258 g/mol. The van der Waals surface area contributed by atoms with E-state index in [1.54, 1.807) is 0 Å². The maximum absolute atomic E-state index is 13.6. The fourth-order valence-corrected chi connectivity index (χ4v) is 1.73. The summed E-state index contributed by atoms with van der Waals surface area (Å²) < 4.78 is 26.6. The van der Waals surface area contributed by atoms with Crippen molar-refractivity contribution in [3.8, 4) is 11.1 Å². The molecule has 1 radical (unpaired) electrons. The molecule has 0 amide bonds. The molecule has 0 fully saturated rings. The van der Waals surface area contributed by atoms with Crippen molar-refractivity contribution in [2.24, 2.45) is 0 Å². The topological polar surface area (TPSA) is 0 Å². The van der Waals surface area contributed by atoms with Crippen LogP contribution < -0.4 is 0 Å². The van der Waals surface area contributed by atoms with Crippen molar-refractivity contribution >= 4 is 23.2 Å². The van der Waals surface area contributed by atoms with Crippen molar-refractivity contribution in [3.63, 3.8) is 0 Å². The summed E-state index contributed by atoms with van der Waals surface area (Å²) in [5.41, 5.74) is 0.495. The van der Waals surface area contributed by atoms with Gasteiger partial charge >= 0.3 is 0 Å². The van der Waals surface area contributed by atoms with E-state index in [0.29, 0.717) is 0 Å². The van der Waals surface area contributed by atoms with Gasteiger partial charge in [-0.15, -0.1) is 0 Å². The third-order valence-corrected chi connectivity index (χ3v) is 2.63. The zero-order chi connectivity index (χ0) is 11.7. The summed E-state index contributed by atoms with van der Waals surface area (Å²) in [6.07, 6.45) is 0. The van der Waals surface area contributed by atoms with E-state index in [2.05, 4.69) is 6.07 Å². The standard InChI is InChI=1S/C12H5Cl2F2/c13-7-1-3-9(12(16)5-7)10-6-8(15)2-4-11(10)14/h1,3-6H. The van der Waals surface area contributed by atoms with Gasteiger partial charge in [0.2, 0.25) is 0 Å². The number of halogens is 4. The molecule has 0 aromatic heterocycles. The number of hydrogen-bond acceptors (Lipinski definition) is 0. The van der Waals surface area contributed by atoms with Gasteiger partial charge in [-0.1, -0.05) is 23.2 Å². The molecular weight excluding hydrogens is 253 g/mol. The van der Waals surface area contributed by atoms with Gasteiger partial charge in [-0.2, -0.15) is 0 Å².